The summed E-state index contributed by atoms with van der Waals surface area (Å²) < 4.78 is 5.46. The Bertz CT molecular complexity index is 1310. The highest BCUT2D eigenvalue weighted by Crippen LogP contribution is 2.23. The number of amides is 3. The second kappa shape index (κ2) is 18.6. The second-order valence-electron chi connectivity index (χ2n) is 12.3. The van der Waals surface area contributed by atoms with E-state index in [1.54, 1.807) is 35.0 Å². The van der Waals surface area contributed by atoms with Gasteiger partial charge in [0.2, 0.25) is 0 Å². The largest absolute Gasteiger partial charge is 0.444 e. The third-order valence-electron chi connectivity index (χ3n) is 7.69. The first kappa shape index (κ1) is 36.2. The molecule has 0 aliphatic rings. The zero-order chi connectivity index (χ0) is 32.8. The molecule has 9 nitrogen and oxygen atoms in total. The number of ketones is 1. The zero-order valence-electron chi connectivity index (χ0n) is 27.5. The molecule has 0 aliphatic carbocycles. The van der Waals surface area contributed by atoms with E-state index in [9.17, 15) is 14.4 Å². The van der Waals surface area contributed by atoms with Crippen molar-refractivity contribution in [3.8, 4) is 0 Å². The quantitative estimate of drug-likeness (QED) is 0.146. The summed E-state index contributed by atoms with van der Waals surface area (Å²) in [7, 11) is 1.73. The average molecular weight is 656 g/mol. The Morgan fingerprint density at radius 3 is 2.38 bits per heavy atom. The van der Waals surface area contributed by atoms with Gasteiger partial charge in [0.1, 0.15) is 6.61 Å². The number of hydrogen-bond acceptors (Lipinski definition) is 8. The van der Waals surface area contributed by atoms with Gasteiger partial charge >= 0.3 is 12.1 Å². The van der Waals surface area contributed by atoms with Crippen LogP contribution in [0.25, 0.3) is 0 Å². The van der Waals surface area contributed by atoms with Gasteiger partial charge in [0.05, 0.1) is 33.7 Å². The zero-order valence-corrected chi connectivity index (χ0v) is 29.1. The fraction of sp³-hybridized carbons (Fsp3) is 0.559. The number of hydrogen-bond donors (Lipinski definition) is 2. The van der Waals surface area contributed by atoms with Crippen LogP contribution >= 0.6 is 22.7 Å². The van der Waals surface area contributed by atoms with E-state index in [1.165, 1.54) is 11.3 Å². The highest BCUT2D eigenvalue weighted by Gasteiger charge is 2.28. The minimum absolute atomic E-state index is 0.0393. The number of ether oxygens (including phenoxy) is 1. The standard InChI is InChI=1S/C34H49N5O4S2/c1-7-11-25(14-15-27(16-26-12-9-8-10-13-26)37-34(42)43-20-29-18-35-22-45-29)17-30(40)31(23(2)3)38-33(41)39(6)19-28-21-44-32(36-28)24(4)5/h8-10,12-13,18,21-25,27,31H,7,11,14-17,19-20H2,1-6H3,(H,37,42)(H,38,41). The number of carbonyl (C=O) groups is 3. The van der Waals surface area contributed by atoms with Crippen LogP contribution in [0.5, 0.6) is 0 Å². The van der Waals surface area contributed by atoms with Crippen LogP contribution in [-0.4, -0.2) is 51.9 Å². The molecule has 45 heavy (non-hydrogen) atoms. The molecule has 1 aromatic carbocycles. The smallest absolute Gasteiger partial charge is 0.407 e. The lowest BCUT2D eigenvalue weighted by Crippen LogP contribution is -2.49. The first-order chi connectivity index (χ1) is 21.5. The lowest BCUT2D eigenvalue weighted by molar-refractivity contribution is -0.122. The topological polar surface area (TPSA) is 114 Å². The third-order valence-corrected chi connectivity index (χ3v) is 9.64. The van der Waals surface area contributed by atoms with Gasteiger partial charge in [0.15, 0.2) is 5.78 Å². The van der Waals surface area contributed by atoms with E-state index in [0.717, 1.165) is 40.4 Å². The molecule has 0 aliphatic heterocycles. The molecule has 2 aromatic heterocycles. The van der Waals surface area contributed by atoms with Crippen LogP contribution in [0.2, 0.25) is 0 Å². The lowest BCUT2D eigenvalue weighted by Gasteiger charge is -2.27. The molecule has 0 radical (unpaired) electrons. The average Bonchev–Trinajstić information content (AvgIpc) is 3.70. The molecule has 3 rings (SSSR count). The Kier molecular flexibility index (Phi) is 15.0. The van der Waals surface area contributed by atoms with Crippen molar-refractivity contribution in [2.75, 3.05) is 7.05 Å². The van der Waals surface area contributed by atoms with Crippen LogP contribution in [0.3, 0.4) is 0 Å². The van der Waals surface area contributed by atoms with E-state index in [0.29, 0.717) is 31.7 Å². The van der Waals surface area contributed by atoms with Crippen LogP contribution in [0, 0.1) is 11.8 Å². The maximum atomic E-state index is 13.6. The van der Waals surface area contributed by atoms with Crippen LogP contribution in [0.4, 0.5) is 9.59 Å². The SMILES string of the molecule is CCCC(CCC(Cc1ccccc1)NC(=O)OCc1cncs1)CC(=O)C(NC(=O)N(C)Cc1csc(C(C)C)n1)C(C)C. The third kappa shape index (κ3) is 12.5. The van der Waals surface area contributed by atoms with E-state index in [4.69, 9.17) is 4.74 Å². The fourth-order valence-corrected chi connectivity index (χ4v) is 6.56. The van der Waals surface area contributed by atoms with Gasteiger partial charge in [-0.2, -0.15) is 0 Å². The highest BCUT2D eigenvalue weighted by atomic mass is 32.1. The predicted octanol–water partition coefficient (Wildman–Crippen LogP) is 7.58. The van der Waals surface area contributed by atoms with E-state index < -0.39 is 12.1 Å². The molecule has 0 bridgehead atoms. The van der Waals surface area contributed by atoms with Gasteiger partial charge in [-0.05, 0) is 36.7 Å². The molecule has 3 aromatic rings. The number of urea groups is 1. The molecule has 3 atom stereocenters. The summed E-state index contributed by atoms with van der Waals surface area (Å²) in [4.78, 5) is 50.6. The molecule has 0 spiro atoms. The molecule has 0 saturated carbocycles. The van der Waals surface area contributed by atoms with Crippen molar-refractivity contribution >= 4 is 40.6 Å². The Balaban J connectivity index is 1.59. The van der Waals surface area contributed by atoms with Gasteiger partial charge in [0.25, 0.3) is 0 Å². The summed E-state index contributed by atoms with van der Waals surface area (Å²) in [5.41, 5.74) is 3.68. The minimum atomic E-state index is -0.582. The van der Waals surface area contributed by atoms with Crippen molar-refractivity contribution < 1.29 is 19.1 Å². The van der Waals surface area contributed by atoms with Crippen LogP contribution in [-0.2, 0) is 29.1 Å². The molecule has 246 valence electrons. The lowest BCUT2D eigenvalue weighted by atomic mass is 9.86. The number of thiazole rings is 2. The van der Waals surface area contributed by atoms with Gasteiger partial charge in [-0.25, -0.2) is 14.6 Å². The Morgan fingerprint density at radius 2 is 1.76 bits per heavy atom. The molecule has 2 heterocycles. The Hall–Kier alpha value is -3.31. The van der Waals surface area contributed by atoms with Gasteiger partial charge < -0.3 is 20.3 Å². The molecule has 0 saturated heterocycles. The molecule has 3 amide bonds. The van der Waals surface area contributed by atoms with Crippen molar-refractivity contribution in [2.24, 2.45) is 11.8 Å². The van der Waals surface area contributed by atoms with Gasteiger partial charge in [0, 0.05) is 37.0 Å². The summed E-state index contributed by atoms with van der Waals surface area (Å²) in [6.45, 7) is 10.8. The molecule has 0 fully saturated rings. The van der Waals surface area contributed by atoms with Crippen molar-refractivity contribution in [3.63, 3.8) is 0 Å². The summed E-state index contributed by atoms with van der Waals surface area (Å²) in [6.07, 6.45) is 5.58. The van der Waals surface area contributed by atoms with Crippen molar-refractivity contribution in [2.45, 2.75) is 104 Å². The number of alkyl carbamates (subject to hydrolysis) is 1. The van der Waals surface area contributed by atoms with Crippen LogP contribution in [0.15, 0.2) is 47.4 Å². The number of aromatic nitrogens is 2. The normalized spacial score (nSPS) is 13.3. The number of benzene rings is 1. The van der Waals surface area contributed by atoms with Crippen molar-refractivity contribution in [1.29, 1.82) is 0 Å². The highest BCUT2D eigenvalue weighted by molar-refractivity contribution is 7.09. The molecule has 11 heteroatoms. The van der Waals surface area contributed by atoms with E-state index >= 15 is 0 Å². The summed E-state index contributed by atoms with van der Waals surface area (Å²) in [5, 5.41) is 9.09. The van der Waals surface area contributed by atoms with Gasteiger partial charge in [-0.3, -0.25) is 9.78 Å². The van der Waals surface area contributed by atoms with E-state index in [-0.39, 0.29) is 36.3 Å². The maximum Gasteiger partial charge on any atom is 0.407 e. The number of Topliss-reactive ketones (excluding diaryl/α,β-unsaturated/α-hetero) is 1. The number of carbonyl (C=O) groups excluding carboxylic acids is 3. The fourth-order valence-electron chi connectivity index (χ4n) is 5.22. The summed E-state index contributed by atoms with van der Waals surface area (Å²) in [6, 6.07) is 9.05. The summed E-state index contributed by atoms with van der Waals surface area (Å²) >= 11 is 3.05. The number of rotatable bonds is 18. The Labute approximate surface area is 276 Å². The van der Waals surface area contributed by atoms with Crippen molar-refractivity contribution in [1.82, 2.24) is 25.5 Å². The first-order valence-electron chi connectivity index (χ1n) is 15.9. The monoisotopic (exact) mass is 655 g/mol. The number of nitrogens with one attached hydrogen (secondary N) is 2. The van der Waals surface area contributed by atoms with Crippen molar-refractivity contribution in [3.05, 3.63) is 68.6 Å². The first-order valence-corrected chi connectivity index (χ1v) is 17.6. The van der Waals surface area contributed by atoms with Gasteiger partial charge in [-0.1, -0.05) is 77.8 Å². The molecule has 2 N–H and O–H groups in total. The molecular weight excluding hydrogens is 607 g/mol. The second-order valence-corrected chi connectivity index (χ2v) is 14.2. The number of nitrogens with zero attached hydrogens (tertiary/aromatic N) is 3. The maximum absolute atomic E-state index is 13.6. The minimum Gasteiger partial charge on any atom is -0.444 e. The van der Waals surface area contributed by atoms with Gasteiger partial charge in [-0.15, -0.1) is 22.7 Å². The van der Waals surface area contributed by atoms with Crippen LogP contribution < -0.4 is 10.6 Å². The van der Waals surface area contributed by atoms with E-state index in [1.807, 2.05) is 37.4 Å². The summed E-state index contributed by atoms with van der Waals surface area (Å²) in [5.74, 6) is 0.465. The molecule has 3 unspecified atom stereocenters. The molecular formula is C34H49N5O4S2. The van der Waals surface area contributed by atoms with Crippen LogP contribution in [0.1, 0.15) is 93.8 Å². The predicted molar refractivity (Wildman–Crippen MR) is 181 cm³/mol. The van der Waals surface area contributed by atoms with E-state index in [2.05, 4.69) is 53.5 Å². The Morgan fingerprint density at radius 1 is 1.00 bits per heavy atom.